The highest BCUT2D eigenvalue weighted by Crippen LogP contribution is 2.09. The number of piperidine rings is 1. The van der Waals surface area contributed by atoms with Crippen LogP contribution in [0, 0.1) is 0 Å². The number of likely N-dealkylation sites (N-methyl/N-ethyl adjacent to an activating group) is 1. The Morgan fingerprint density at radius 1 is 1.43 bits per heavy atom. The topological polar surface area (TPSA) is 15.3 Å². The van der Waals surface area contributed by atoms with Gasteiger partial charge in [-0.15, -0.1) is 0 Å². The number of unbranched alkanes of at least 4 members (excludes halogenated alkanes) is 1. The zero-order valence-corrected chi connectivity index (χ0v) is 10.4. The minimum absolute atomic E-state index is 0.790. The summed E-state index contributed by atoms with van der Waals surface area (Å²) in [6.45, 7) is 3.68. The molecule has 0 aromatic carbocycles. The second-order valence-electron chi connectivity index (χ2n) is 4.18. The van der Waals surface area contributed by atoms with Crippen molar-refractivity contribution in [3.8, 4) is 0 Å². The average molecular weight is 216 g/mol. The molecular formula is C11H24N2S. The predicted molar refractivity (Wildman–Crippen MR) is 66.1 cm³/mol. The first-order valence-corrected chi connectivity index (χ1v) is 7.14. The molecule has 0 amide bonds. The van der Waals surface area contributed by atoms with E-state index in [1.54, 1.807) is 0 Å². The van der Waals surface area contributed by atoms with Crippen LogP contribution in [0.3, 0.4) is 0 Å². The van der Waals surface area contributed by atoms with Crippen LogP contribution in [0.5, 0.6) is 0 Å². The van der Waals surface area contributed by atoms with E-state index >= 15 is 0 Å². The van der Waals surface area contributed by atoms with E-state index in [4.69, 9.17) is 0 Å². The van der Waals surface area contributed by atoms with E-state index in [1.807, 2.05) is 11.8 Å². The molecule has 1 aliphatic heterocycles. The van der Waals surface area contributed by atoms with Crippen molar-refractivity contribution in [3.05, 3.63) is 0 Å². The molecular weight excluding hydrogens is 192 g/mol. The van der Waals surface area contributed by atoms with Crippen LogP contribution in [-0.2, 0) is 0 Å². The number of nitrogens with zero attached hydrogens (tertiary/aromatic N) is 1. The largest absolute Gasteiger partial charge is 0.315 e. The van der Waals surface area contributed by atoms with E-state index in [2.05, 4.69) is 23.5 Å². The molecule has 0 radical (unpaired) electrons. The fraction of sp³-hybridized carbons (Fsp3) is 1.00. The minimum atomic E-state index is 0.790. The van der Waals surface area contributed by atoms with Gasteiger partial charge in [0.05, 0.1) is 0 Å². The van der Waals surface area contributed by atoms with Gasteiger partial charge < -0.3 is 10.2 Å². The maximum Gasteiger partial charge on any atom is 0.0218 e. The summed E-state index contributed by atoms with van der Waals surface area (Å²) in [6, 6.07) is 0.790. The number of hydrogen-bond donors (Lipinski definition) is 1. The lowest BCUT2D eigenvalue weighted by atomic mass is 10.1. The summed E-state index contributed by atoms with van der Waals surface area (Å²) >= 11 is 1.96. The van der Waals surface area contributed by atoms with E-state index in [0.29, 0.717) is 0 Å². The van der Waals surface area contributed by atoms with Crippen molar-refractivity contribution in [2.45, 2.75) is 31.7 Å². The van der Waals surface area contributed by atoms with Crippen LogP contribution in [0.25, 0.3) is 0 Å². The molecule has 1 heterocycles. The van der Waals surface area contributed by atoms with Crippen molar-refractivity contribution in [1.29, 1.82) is 0 Å². The van der Waals surface area contributed by atoms with Crippen LogP contribution in [0.1, 0.15) is 25.7 Å². The van der Waals surface area contributed by atoms with Crippen molar-refractivity contribution >= 4 is 11.8 Å². The van der Waals surface area contributed by atoms with Crippen LogP contribution in [0.4, 0.5) is 0 Å². The predicted octanol–water partition coefficient (Wildman–Crippen LogP) is 1.81. The molecule has 0 aromatic rings. The number of nitrogens with one attached hydrogen (secondary N) is 1. The van der Waals surface area contributed by atoms with Gasteiger partial charge in [0.15, 0.2) is 0 Å². The van der Waals surface area contributed by atoms with Gasteiger partial charge in [0, 0.05) is 12.6 Å². The highest BCUT2D eigenvalue weighted by atomic mass is 32.2. The number of rotatable bonds is 6. The Morgan fingerprint density at radius 3 is 2.93 bits per heavy atom. The van der Waals surface area contributed by atoms with Crippen LogP contribution >= 0.6 is 11.8 Å². The second kappa shape index (κ2) is 7.55. The summed E-state index contributed by atoms with van der Waals surface area (Å²) in [7, 11) is 2.27. The van der Waals surface area contributed by atoms with Crippen LogP contribution in [0.15, 0.2) is 0 Å². The third kappa shape index (κ3) is 4.67. The number of hydrogen-bond acceptors (Lipinski definition) is 3. The Kier molecular flexibility index (Phi) is 6.65. The van der Waals surface area contributed by atoms with E-state index in [0.717, 1.165) is 6.04 Å². The summed E-state index contributed by atoms with van der Waals surface area (Å²) in [5.74, 6) is 1.32. The summed E-state index contributed by atoms with van der Waals surface area (Å²) in [4.78, 5) is 2.53. The van der Waals surface area contributed by atoms with Crippen molar-refractivity contribution in [2.24, 2.45) is 0 Å². The van der Waals surface area contributed by atoms with Crippen LogP contribution in [0.2, 0.25) is 0 Å². The normalized spacial score (nSPS) is 22.9. The van der Waals surface area contributed by atoms with Gasteiger partial charge in [-0.3, -0.25) is 0 Å². The molecule has 1 atom stereocenters. The van der Waals surface area contributed by atoms with E-state index in [-0.39, 0.29) is 0 Å². The van der Waals surface area contributed by atoms with Crippen LogP contribution < -0.4 is 5.32 Å². The standard InChI is InChI=1S/C11H24N2S/c1-13(8-3-4-9-14-2)11-6-5-7-12-10-11/h11-12H,3-10H2,1-2H3. The summed E-state index contributed by atoms with van der Waals surface area (Å²) in [5.41, 5.74) is 0. The lowest BCUT2D eigenvalue weighted by molar-refractivity contribution is 0.201. The first kappa shape index (κ1) is 12.3. The highest BCUT2D eigenvalue weighted by molar-refractivity contribution is 7.98. The maximum atomic E-state index is 3.47. The smallest absolute Gasteiger partial charge is 0.0218 e. The molecule has 1 aliphatic rings. The molecule has 0 bridgehead atoms. The molecule has 2 nitrogen and oxygen atoms in total. The molecule has 84 valence electrons. The van der Waals surface area contributed by atoms with E-state index < -0.39 is 0 Å². The Labute approximate surface area is 92.8 Å². The molecule has 3 heteroatoms. The molecule has 0 aromatic heterocycles. The second-order valence-corrected chi connectivity index (χ2v) is 5.17. The van der Waals surface area contributed by atoms with Gasteiger partial charge in [0.1, 0.15) is 0 Å². The zero-order chi connectivity index (χ0) is 10.2. The SMILES string of the molecule is CSCCCCN(C)C1CCCNC1. The first-order valence-electron chi connectivity index (χ1n) is 5.74. The Bertz CT molecular complexity index is 135. The summed E-state index contributed by atoms with van der Waals surface area (Å²) in [6.07, 6.45) is 7.64. The van der Waals surface area contributed by atoms with Gasteiger partial charge in [0.25, 0.3) is 0 Å². The van der Waals surface area contributed by atoms with Crippen molar-refractivity contribution in [3.63, 3.8) is 0 Å². The van der Waals surface area contributed by atoms with Crippen LogP contribution in [-0.4, -0.2) is 49.6 Å². The molecule has 1 rings (SSSR count). The molecule has 1 saturated heterocycles. The van der Waals surface area contributed by atoms with E-state index in [9.17, 15) is 0 Å². The zero-order valence-electron chi connectivity index (χ0n) is 9.59. The molecule has 1 fully saturated rings. The third-order valence-corrected chi connectivity index (χ3v) is 3.70. The third-order valence-electron chi connectivity index (χ3n) is 3.00. The van der Waals surface area contributed by atoms with Gasteiger partial charge in [-0.1, -0.05) is 0 Å². The molecule has 14 heavy (non-hydrogen) atoms. The molecule has 0 saturated carbocycles. The lowest BCUT2D eigenvalue weighted by Gasteiger charge is -2.31. The van der Waals surface area contributed by atoms with E-state index in [1.165, 1.54) is 51.1 Å². The quantitative estimate of drug-likeness (QED) is 0.682. The van der Waals surface area contributed by atoms with Gasteiger partial charge in [-0.2, -0.15) is 11.8 Å². The molecule has 1 unspecified atom stereocenters. The molecule has 0 spiro atoms. The maximum absolute atomic E-state index is 3.47. The minimum Gasteiger partial charge on any atom is -0.315 e. The average Bonchev–Trinajstić information content (AvgIpc) is 2.25. The van der Waals surface area contributed by atoms with Crippen molar-refractivity contribution in [2.75, 3.05) is 38.7 Å². The summed E-state index contributed by atoms with van der Waals surface area (Å²) < 4.78 is 0. The number of thioether (sulfide) groups is 1. The van der Waals surface area contributed by atoms with Gasteiger partial charge >= 0.3 is 0 Å². The molecule has 1 N–H and O–H groups in total. The van der Waals surface area contributed by atoms with Gasteiger partial charge in [-0.25, -0.2) is 0 Å². The Hall–Kier alpha value is 0.270. The monoisotopic (exact) mass is 216 g/mol. The first-order chi connectivity index (χ1) is 6.84. The van der Waals surface area contributed by atoms with Crippen molar-refractivity contribution < 1.29 is 0 Å². The molecule has 0 aliphatic carbocycles. The Morgan fingerprint density at radius 2 is 2.29 bits per heavy atom. The fourth-order valence-corrected chi connectivity index (χ4v) is 2.49. The lowest BCUT2D eigenvalue weighted by Crippen LogP contribution is -2.44. The fourth-order valence-electron chi connectivity index (χ4n) is 2.00. The summed E-state index contributed by atoms with van der Waals surface area (Å²) in [5, 5.41) is 3.47. The van der Waals surface area contributed by atoms with Gasteiger partial charge in [0.2, 0.25) is 0 Å². The van der Waals surface area contributed by atoms with Crippen molar-refractivity contribution in [1.82, 2.24) is 10.2 Å². The highest BCUT2D eigenvalue weighted by Gasteiger charge is 2.16. The van der Waals surface area contributed by atoms with Gasteiger partial charge in [-0.05, 0) is 57.8 Å². The Balaban J connectivity index is 2.04.